The summed E-state index contributed by atoms with van der Waals surface area (Å²) in [6, 6.07) is 14.2. The molecule has 0 bridgehead atoms. The van der Waals surface area contributed by atoms with Gasteiger partial charge < -0.3 is 17.5 Å². The van der Waals surface area contributed by atoms with Crippen LogP contribution >= 0.6 is 0 Å². The number of benzene rings is 2. The van der Waals surface area contributed by atoms with Crippen LogP contribution < -0.4 is 17.3 Å². The van der Waals surface area contributed by atoms with E-state index in [1.54, 1.807) is 6.07 Å². The molecule has 0 aliphatic carbocycles. The molecule has 134 valence electrons. The summed E-state index contributed by atoms with van der Waals surface area (Å²) in [5.41, 5.74) is 4.97. The van der Waals surface area contributed by atoms with Gasteiger partial charge in [0.25, 0.3) is 0 Å². The fourth-order valence-corrected chi connectivity index (χ4v) is 3.40. The molecule has 0 spiro atoms. The average molecular weight is 359 g/mol. The Morgan fingerprint density at radius 3 is 2.08 bits per heavy atom. The molecule has 0 radical (unpaired) electrons. The molecule has 1 N–H and O–H groups in total. The molecule has 4 heteroatoms. The Hall–Kier alpha value is -2.00. The number of aromatic hydroxyl groups is 1. The van der Waals surface area contributed by atoms with Gasteiger partial charge in [0, 0.05) is 11.1 Å². The van der Waals surface area contributed by atoms with Crippen LogP contribution in [0.1, 0.15) is 50.7 Å². The van der Waals surface area contributed by atoms with Crippen LogP contribution in [-0.4, -0.2) is 29.1 Å². The minimum absolute atomic E-state index is 0. The van der Waals surface area contributed by atoms with Crippen LogP contribution in [0, 0.1) is 0 Å². The Balaban J connectivity index is 0.00000225. The summed E-state index contributed by atoms with van der Waals surface area (Å²) in [4.78, 5) is 2.14. The molecule has 2 aromatic carbocycles. The fraction of sp³-hybridized carbons (Fsp3) is 0.381. The van der Waals surface area contributed by atoms with Crippen LogP contribution in [0.4, 0.5) is 11.4 Å². The molecule has 2 aromatic rings. The second-order valence-electron chi connectivity index (χ2n) is 7.09. The summed E-state index contributed by atoms with van der Waals surface area (Å²) in [5, 5.41) is 10.1. The quantitative estimate of drug-likeness (QED) is 0.844. The molecule has 0 saturated carbocycles. The van der Waals surface area contributed by atoms with E-state index in [4.69, 9.17) is 0 Å². The lowest BCUT2D eigenvalue weighted by Crippen LogP contribution is -3.00. The molecule has 0 unspecified atom stereocenters. The number of rotatable bonds is 4. The second-order valence-corrected chi connectivity index (χ2v) is 7.09. The van der Waals surface area contributed by atoms with Gasteiger partial charge in [-0.3, -0.25) is 0 Å². The number of phenolic OH excluding ortho intramolecular Hbond substituents is 1. The first-order valence-electron chi connectivity index (χ1n) is 8.78. The van der Waals surface area contributed by atoms with Crippen LogP contribution in [0.5, 0.6) is 5.75 Å². The van der Waals surface area contributed by atoms with Crippen molar-refractivity contribution in [2.75, 3.05) is 18.0 Å². The zero-order chi connectivity index (χ0) is 17.3. The highest BCUT2D eigenvalue weighted by molar-refractivity contribution is 5.81. The van der Waals surface area contributed by atoms with Crippen molar-refractivity contribution in [1.82, 2.24) is 0 Å². The van der Waals surface area contributed by atoms with Crippen LogP contribution in [0.15, 0.2) is 42.5 Å². The van der Waals surface area contributed by atoms with E-state index in [0.29, 0.717) is 17.6 Å². The molecule has 1 heterocycles. The number of anilines is 1. The first-order chi connectivity index (χ1) is 11.5. The van der Waals surface area contributed by atoms with E-state index in [1.165, 1.54) is 16.8 Å². The molecule has 0 aromatic heterocycles. The summed E-state index contributed by atoms with van der Waals surface area (Å²) < 4.78 is 2.34. The summed E-state index contributed by atoms with van der Waals surface area (Å²) in [7, 11) is 0. The van der Waals surface area contributed by atoms with Gasteiger partial charge in [0.1, 0.15) is 18.8 Å². The molecule has 0 saturated heterocycles. The second kappa shape index (κ2) is 7.92. The van der Waals surface area contributed by atoms with E-state index in [1.807, 2.05) is 18.2 Å². The standard InChI is InChI=1S/C21H26N2O.ClH/c1-15(2)17-8-7-9-18(16(3)4)21(17)23-13-12-22(14-23)19-10-5-6-11-20(19)24;/h5-11,14-16H,12-13H2,1-4H3;1H. The summed E-state index contributed by atoms with van der Waals surface area (Å²) in [6.45, 7) is 10.8. The zero-order valence-corrected chi connectivity index (χ0v) is 16.2. The van der Waals surface area contributed by atoms with Gasteiger partial charge in [-0.05, 0) is 24.0 Å². The summed E-state index contributed by atoms with van der Waals surface area (Å²) in [5.74, 6) is 1.29. The number of nitrogens with zero attached hydrogens (tertiary/aromatic N) is 2. The van der Waals surface area contributed by atoms with Crippen molar-refractivity contribution >= 4 is 17.7 Å². The molecular weight excluding hydrogens is 332 g/mol. The van der Waals surface area contributed by atoms with E-state index >= 15 is 0 Å². The lowest BCUT2D eigenvalue weighted by atomic mass is 9.92. The summed E-state index contributed by atoms with van der Waals surface area (Å²) in [6.07, 6.45) is 2.14. The predicted octanol–water partition coefficient (Wildman–Crippen LogP) is 1.84. The molecule has 3 nitrogen and oxygen atoms in total. The van der Waals surface area contributed by atoms with Gasteiger partial charge in [0.05, 0.1) is 0 Å². The SMILES string of the molecule is CC(C)c1cccc(C(C)C)c1[N+]1=CN(c2ccccc2O)CC1.[Cl-]. The highest BCUT2D eigenvalue weighted by Crippen LogP contribution is 2.36. The monoisotopic (exact) mass is 358 g/mol. The zero-order valence-electron chi connectivity index (χ0n) is 15.4. The van der Waals surface area contributed by atoms with Crippen molar-refractivity contribution < 1.29 is 22.1 Å². The highest BCUT2D eigenvalue weighted by Gasteiger charge is 2.28. The van der Waals surface area contributed by atoms with Crippen molar-refractivity contribution in [2.24, 2.45) is 0 Å². The van der Waals surface area contributed by atoms with Crippen LogP contribution in [0.25, 0.3) is 0 Å². The third kappa shape index (κ3) is 3.82. The maximum atomic E-state index is 10.1. The maximum absolute atomic E-state index is 10.1. The number of para-hydroxylation sites is 3. The van der Waals surface area contributed by atoms with Crippen LogP contribution in [0.3, 0.4) is 0 Å². The lowest BCUT2D eigenvalue weighted by Gasteiger charge is -2.17. The van der Waals surface area contributed by atoms with E-state index in [-0.39, 0.29) is 12.4 Å². The Kier molecular flexibility index (Phi) is 6.12. The largest absolute Gasteiger partial charge is 1.00 e. The number of hydrogen-bond acceptors (Lipinski definition) is 2. The normalized spacial score (nSPS) is 14.0. The Labute approximate surface area is 157 Å². The fourth-order valence-electron chi connectivity index (χ4n) is 3.40. The Morgan fingerprint density at radius 1 is 0.920 bits per heavy atom. The predicted molar refractivity (Wildman–Crippen MR) is 101 cm³/mol. The minimum atomic E-state index is 0. The summed E-state index contributed by atoms with van der Waals surface area (Å²) >= 11 is 0. The van der Waals surface area contributed by atoms with Gasteiger partial charge in [-0.1, -0.05) is 58.0 Å². The topological polar surface area (TPSA) is 26.5 Å². The molecule has 0 amide bonds. The molecule has 1 aliphatic rings. The van der Waals surface area contributed by atoms with Gasteiger partial charge in [-0.25, -0.2) is 9.48 Å². The van der Waals surface area contributed by atoms with Crippen molar-refractivity contribution in [3.63, 3.8) is 0 Å². The van der Waals surface area contributed by atoms with Crippen molar-refractivity contribution in [2.45, 2.75) is 39.5 Å². The number of halogens is 1. The van der Waals surface area contributed by atoms with Gasteiger partial charge in [-0.15, -0.1) is 0 Å². The molecule has 25 heavy (non-hydrogen) atoms. The smallest absolute Gasteiger partial charge is 0.244 e. The highest BCUT2D eigenvalue weighted by atomic mass is 35.5. The van der Waals surface area contributed by atoms with Crippen LogP contribution in [-0.2, 0) is 0 Å². The van der Waals surface area contributed by atoms with Gasteiger partial charge in [0.15, 0.2) is 11.4 Å². The molecular formula is C21H27ClN2O. The molecule has 3 rings (SSSR count). The third-order valence-electron chi connectivity index (χ3n) is 4.68. The first kappa shape index (κ1) is 19.3. The van der Waals surface area contributed by atoms with Gasteiger partial charge in [0.2, 0.25) is 6.34 Å². The number of hydrogen-bond donors (Lipinski definition) is 1. The van der Waals surface area contributed by atoms with Crippen molar-refractivity contribution in [1.29, 1.82) is 0 Å². The van der Waals surface area contributed by atoms with E-state index in [0.717, 1.165) is 18.8 Å². The lowest BCUT2D eigenvalue weighted by molar-refractivity contribution is -0.425. The van der Waals surface area contributed by atoms with Crippen LogP contribution in [0.2, 0.25) is 0 Å². The average Bonchev–Trinajstić information content (AvgIpc) is 3.03. The number of phenols is 1. The van der Waals surface area contributed by atoms with Gasteiger partial charge in [-0.2, -0.15) is 0 Å². The molecule has 1 aliphatic heterocycles. The van der Waals surface area contributed by atoms with Crippen molar-refractivity contribution in [3.05, 3.63) is 53.6 Å². The first-order valence-corrected chi connectivity index (χ1v) is 8.78. The van der Waals surface area contributed by atoms with E-state index in [2.05, 4.69) is 61.7 Å². The molecule has 0 atom stereocenters. The molecule has 0 fully saturated rings. The third-order valence-corrected chi connectivity index (χ3v) is 4.68. The Morgan fingerprint density at radius 2 is 1.52 bits per heavy atom. The van der Waals surface area contributed by atoms with Gasteiger partial charge >= 0.3 is 0 Å². The minimum Gasteiger partial charge on any atom is -1.00 e. The van der Waals surface area contributed by atoms with E-state index < -0.39 is 0 Å². The van der Waals surface area contributed by atoms with Crippen molar-refractivity contribution in [3.8, 4) is 5.75 Å². The maximum Gasteiger partial charge on any atom is 0.244 e. The Bertz CT molecular complexity index is 742. The van der Waals surface area contributed by atoms with E-state index in [9.17, 15) is 5.11 Å².